The number of hydrogen-bond donors (Lipinski definition) is 2. The largest absolute Gasteiger partial charge is 0.494 e. The second-order valence-electron chi connectivity index (χ2n) is 8.40. The molecule has 0 saturated carbocycles. The van der Waals surface area contributed by atoms with Crippen LogP contribution >= 0.6 is 0 Å². The summed E-state index contributed by atoms with van der Waals surface area (Å²) in [6.45, 7) is 5.43. The molecule has 4 aromatic heterocycles. The summed E-state index contributed by atoms with van der Waals surface area (Å²) in [5.74, 6) is 1.08. The van der Waals surface area contributed by atoms with Crippen LogP contribution in [0.15, 0.2) is 63.8 Å². The average Bonchev–Trinajstić information content (AvgIpc) is 3.45. The number of hydrogen-bond acceptors (Lipinski definition) is 8. The Morgan fingerprint density at radius 1 is 1.00 bits per heavy atom. The van der Waals surface area contributed by atoms with E-state index in [-0.39, 0.29) is 17.5 Å². The van der Waals surface area contributed by atoms with Crippen molar-refractivity contribution in [1.82, 2.24) is 15.1 Å². The summed E-state index contributed by atoms with van der Waals surface area (Å²) in [5.41, 5.74) is 3.78. The lowest BCUT2D eigenvalue weighted by atomic mass is 10.1. The second-order valence-corrected chi connectivity index (χ2v) is 8.40. The Labute approximate surface area is 211 Å². The predicted octanol–water partition coefficient (Wildman–Crippen LogP) is 5.32. The number of ether oxygens (including phenoxy) is 1. The maximum Gasteiger partial charge on any atom is 0.259 e. The monoisotopic (exact) mass is 497 g/mol. The quantitative estimate of drug-likeness (QED) is 0.322. The summed E-state index contributed by atoms with van der Waals surface area (Å²) in [5, 5.41) is 10.2. The molecule has 0 saturated heterocycles. The highest BCUT2D eigenvalue weighted by molar-refractivity contribution is 6.13. The van der Waals surface area contributed by atoms with Gasteiger partial charge in [-0.05, 0) is 57.2 Å². The number of rotatable bonds is 6. The number of aromatic nitrogens is 3. The molecule has 2 N–H and O–H groups in total. The van der Waals surface area contributed by atoms with Crippen LogP contribution in [-0.2, 0) is 0 Å². The van der Waals surface area contributed by atoms with Crippen molar-refractivity contribution in [3.63, 3.8) is 0 Å². The highest BCUT2D eigenvalue weighted by Gasteiger charge is 2.21. The molecule has 1 aromatic carbocycles. The number of nitrogens with zero attached hydrogens (tertiary/aromatic N) is 3. The molecule has 37 heavy (non-hydrogen) atoms. The molecule has 186 valence electrons. The van der Waals surface area contributed by atoms with E-state index in [9.17, 15) is 9.59 Å². The van der Waals surface area contributed by atoms with Gasteiger partial charge in [0.1, 0.15) is 17.3 Å². The van der Waals surface area contributed by atoms with Gasteiger partial charge in [-0.2, -0.15) is 0 Å². The molecule has 4 heterocycles. The van der Waals surface area contributed by atoms with E-state index in [2.05, 4.69) is 25.8 Å². The third-order valence-corrected chi connectivity index (χ3v) is 5.81. The van der Waals surface area contributed by atoms with Gasteiger partial charge >= 0.3 is 0 Å². The van der Waals surface area contributed by atoms with Crippen molar-refractivity contribution in [3.8, 4) is 17.0 Å². The van der Waals surface area contributed by atoms with E-state index >= 15 is 0 Å². The van der Waals surface area contributed by atoms with Crippen LogP contribution in [0.1, 0.15) is 37.9 Å². The molecule has 0 unspecified atom stereocenters. The Kier molecular flexibility index (Phi) is 6.14. The number of aryl methyl sites for hydroxylation is 3. The first-order chi connectivity index (χ1) is 17.8. The number of methoxy groups -OCH3 is 1. The summed E-state index contributed by atoms with van der Waals surface area (Å²) in [4.78, 5) is 34.5. The number of carbonyl (C=O) groups is 2. The van der Waals surface area contributed by atoms with Gasteiger partial charge in [-0.15, -0.1) is 0 Å². The van der Waals surface area contributed by atoms with E-state index in [1.165, 1.54) is 13.3 Å². The normalized spacial score (nSPS) is 10.9. The summed E-state index contributed by atoms with van der Waals surface area (Å²) < 4.78 is 16.5. The highest BCUT2D eigenvalue weighted by atomic mass is 16.5. The third kappa shape index (κ3) is 4.64. The number of amides is 2. The van der Waals surface area contributed by atoms with Gasteiger partial charge < -0.3 is 24.3 Å². The van der Waals surface area contributed by atoms with E-state index < -0.39 is 0 Å². The number of furan rings is 1. The van der Waals surface area contributed by atoms with Gasteiger partial charge in [0.05, 0.1) is 40.7 Å². The number of nitrogens with one attached hydrogen (secondary N) is 2. The van der Waals surface area contributed by atoms with Gasteiger partial charge in [-0.3, -0.25) is 14.6 Å². The molecule has 10 nitrogen and oxygen atoms in total. The van der Waals surface area contributed by atoms with Crippen molar-refractivity contribution in [2.45, 2.75) is 20.8 Å². The lowest BCUT2D eigenvalue weighted by molar-refractivity contribution is 0.101. The topological polar surface area (TPSA) is 132 Å². The molecule has 2 amide bonds. The van der Waals surface area contributed by atoms with E-state index in [1.54, 1.807) is 49.5 Å². The van der Waals surface area contributed by atoms with Gasteiger partial charge in [0.2, 0.25) is 0 Å². The molecule has 0 spiro atoms. The number of benzene rings is 1. The molecular formula is C27H23N5O5. The zero-order valence-electron chi connectivity index (χ0n) is 20.6. The molecule has 10 heteroatoms. The number of fused-ring (bicyclic) bond motifs is 1. The average molecular weight is 498 g/mol. The van der Waals surface area contributed by atoms with Crippen LogP contribution in [-0.4, -0.2) is 34.0 Å². The molecule has 5 rings (SSSR count). The smallest absolute Gasteiger partial charge is 0.259 e. The zero-order chi connectivity index (χ0) is 26.1. The Morgan fingerprint density at radius 3 is 2.54 bits per heavy atom. The van der Waals surface area contributed by atoms with E-state index in [1.807, 2.05) is 19.9 Å². The van der Waals surface area contributed by atoms with Crippen LogP contribution in [0.5, 0.6) is 5.75 Å². The highest BCUT2D eigenvalue weighted by Crippen LogP contribution is 2.32. The predicted molar refractivity (Wildman–Crippen MR) is 137 cm³/mol. The molecule has 5 aromatic rings. The summed E-state index contributed by atoms with van der Waals surface area (Å²) in [7, 11) is 1.48. The summed E-state index contributed by atoms with van der Waals surface area (Å²) in [6, 6.07) is 11.8. The van der Waals surface area contributed by atoms with E-state index in [0.29, 0.717) is 50.8 Å². The molecule has 0 atom stereocenters. The first kappa shape index (κ1) is 23.7. The van der Waals surface area contributed by atoms with Gasteiger partial charge in [0.25, 0.3) is 17.5 Å². The lowest BCUT2D eigenvalue weighted by Gasteiger charge is -2.13. The Morgan fingerprint density at radius 2 is 1.84 bits per heavy atom. The Balaban J connectivity index is 1.45. The molecular weight excluding hydrogens is 474 g/mol. The van der Waals surface area contributed by atoms with Crippen LogP contribution < -0.4 is 15.4 Å². The van der Waals surface area contributed by atoms with Gasteiger partial charge in [-0.1, -0.05) is 5.16 Å². The fourth-order valence-electron chi connectivity index (χ4n) is 4.06. The summed E-state index contributed by atoms with van der Waals surface area (Å²) >= 11 is 0. The first-order valence-corrected chi connectivity index (χ1v) is 11.4. The SMILES string of the molecule is COc1cc(NC(=O)c2cc(-c3cc(C)oc3C)nc3onc(C)c23)ccc1NC(=O)c1cccnc1. The molecule has 0 aliphatic heterocycles. The fraction of sp³-hybridized carbons (Fsp3) is 0.148. The standard InChI is InChI=1S/C27H23N5O5/c1-14-10-19(16(3)36-14)22-12-20(24-15(2)32-37-27(24)31-22)26(34)29-18-7-8-21(23(11-18)35-4)30-25(33)17-6-5-9-28-13-17/h5-13H,1-4H3,(H,29,34)(H,30,33). The minimum Gasteiger partial charge on any atom is -0.494 e. The molecule has 0 bridgehead atoms. The molecule has 0 radical (unpaired) electrons. The van der Waals surface area contributed by atoms with Crippen molar-refractivity contribution in [3.05, 3.63) is 83.2 Å². The maximum absolute atomic E-state index is 13.4. The van der Waals surface area contributed by atoms with Crippen molar-refractivity contribution in [2.24, 2.45) is 0 Å². The van der Waals surface area contributed by atoms with E-state index in [4.69, 9.17) is 13.7 Å². The third-order valence-electron chi connectivity index (χ3n) is 5.81. The number of pyridine rings is 2. The van der Waals surface area contributed by atoms with Crippen molar-refractivity contribution in [2.75, 3.05) is 17.7 Å². The van der Waals surface area contributed by atoms with Crippen LogP contribution in [0.4, 0.5) is 11.4 Å². The minimum atomic E-state index is -0.382. The molecule has 0 aliphatic carbocycles. The Hall–Kier alpha value is -4.99. The minimum absolute atomic E-state index is 0.254. The summed E-state index contributed by atoms with van der Waals surface area (Å²) in [6.07, 6.45) is 3.06. The van der Waals surface area contributed by atoms with Crippen LogP contribution in [0.2, 0.25) is 0 Å². The maximum atomic E-state index is 13.4. The number of anilines is 2. The van der Waals surface area contributed by atoms with Crippen molar-refractivity contribution < 1.29 is 23.3 Å². The van der Waals surface area contributed by atoms with Gasteiger partial charge in [-0.25, -0.2) is 4.98 Å². The Bertz CT molecular complexity index is 1640. The first-order valence-electron chi connectivity index (χ1n) is 11.4. The van der Waals surface area contributed by atoms with E-state index in [0.717, 1.165) is 11.3 Å². The van der Waals surface area contributed by atoms with Gasteiger partial charge in [0.15, 0.2) is 0 Å². The molecule has 0 fully saturated rings. The zero-order valence-corrected chi connectivity index (χ0v) is 20.6. The van der Waals surface area contributed by atoms with Crippen LogP contribution in [0.25, 0.3) is 22.4 Å². The van der Waals surface area contributed by atoms with Crippen LogP contribution in [0.3, 0.4) is 0 Å². The molecule has 0 aliphatic rings. The number of carbonyl (C=O) groups excluding carboxylic acids is 2. The van der Waals surface area contributed by atoms with Crippen molar-refractivity contribution >= 4 is 34.3 Å². The fourth-order valence-corrected chi connectivity index (χ4v) is 4.06. The van der Waals surface area contributed by atoms with Crippen molar-refractivity contribution in [1.29, 1.82) is 0 Å². The van der Waals surface area contributed by atoms with Crippen LogP contribution in [0, 0.1) is 20.8 Å². The van der Waals surface area contributed by atoms with Gasteiger partial charge in [0, 0.05) is 29.7 Å². The lowest BCUT2D eigenvalue weighted by Crippen LogP contribution is -2.15. The second kappa shape index (κ2) is 9.57.